The van der Waals surface area contributed by atoms with Gasteiger partial charge in [-0.05, 0) is 241 Å². The zero-order valence-electron chi connectivity index (χ0n) is 50.5. The predicted octanol–water partition coefficient (Wildman–Crippen LogP) is 25.5. The summed E-state index contributed by atoms with van der Waals surface area (Å²) in [6.45, 7) is 0. The average Bonchev–Trinajstić information content (AvgIpc) is 0.731. The molecule has 2 nitrogen and oxygen atoms in total. The highest BCUT2D eigenvalue weighted by molar-refractivity contribution is 6.34. The summed E-state index contributed by atoms with van der Waals surface area (Å²) in [5.74, 6) is 0. The molecule has 0 aliphatic rings. The zero-order valence-corrected chi connectivity index (χ0v) is 50.5. The lowest BCUT2D eigenvalue weighted by Crippen LogP contribution is -2.09. The minimum Gasteiger partial charge on any atom is -0.310 e. The zero-order chi connectivity index (χ0) is 60.9. The molecule has 17 rings (SSSR count). The molecule has 0 spiro atoms. The van der Waals surface area contributed by atoms with E-state index in [1.54, 1.807) is 0 Å². The van der Waals surface area contributed by atoms with Gasteiger partial charge in [-0.1, -0.05) is 255 Å². The lowest BCUT2D eigenvalue weighted by molar-refractivity contribution is 1.29. The average molecular weight is 1170 g/mol. The highest BCUT2D eigenvalue weighted by Crippen LogP contribution is 2.49. The van der Waals surface area contributed by atoms with E-state index in [1.807, 2.05) is 0 Å². The van der Waals surface area contributed by atoms with Crippen LogP contribution < -0.4 is 9.80 Å². The van der Waals surface area contributed by atoms with Gasteiger partial charge in [0.05, 0.1) is 0 Å². The summed E-state index contributed by atoms with van der Waals surface area (Å²) < 4.78 is 0. The molecular formula is C90H60N2. The van der Waals surface area contributed by atoms with E-state index in [2.05, 4.69) is 374 Å². The molecule has 0 N–H and O–H groups in total. The number of hydrogen-bond acceptors (Lipinski definition) is 2. The van der Waals surface area contributed by atoms with Gasteiger partial charge in [-0.2, -0.15) is 0 Å². The first-order valence-corrected chi connectivity index (χ1v) is 31.7. The molecule has 0 bridgehead atoms. The third kappa shape index (κ3) is 9.70. The standard InChI is InChI=1S/C90H60N2/c1-9-25-61(26-10-1)65-41-47-75(63-29-13-3-14-30-63)81(53-65)67-43-49-77-83(55-67)89-59-88-80-52-46-74(92(71-37-21-7-22-38-71)72-39-23-8-24-40-72)58-86(80)78-50-44-68(82-54-66(62-27-11-2-12-28-62)42-48-76(82)64-31-15-4-16-32-64)56-84(78)90(88)60-87(89)79-51-45-73(57-85(77)79)91(69-33-17-5-18-34-69)70-35-19-6-20-36-70/h1-60H. The van der Waals surface area contributed by atoms with Crippen LogP contribution in [0.15, 0.2) is 364 Å². The first-order valence-electron chi connectivity index (χ1n) is 31.7. The highest BCUT2D eigenvalue weighted by Gasteiger charge is 2.22. The fraction of sp³-hybridized carbons (Fsp3) is 0. The minimum atomic E-state index is 1.09. The predicted molar refractivity (Wildman–Crippen MR) is 393 cm³/mol. The number of rotatable bonds is 12. The summed E-state index contributed by atoms with van der Waals surface area (Å²) in [6, 6.07) is 134. The van der Waals surface area contributed by atoms with E-state index in [9.17, 15) is 0 Å². The Morgan fingerprint density at radius 3 is 0.696 bits per heavy atom. The van der Waals surface area contributed by atoms with Gasteiger partial charge in [0.2, 0.25) is 0 Å². The SMILES string of the molecule is c1ccc(-c2ccc(-c3ccccc3)c(-c3ccc4c(c3)c3cc5c6ccc(N(c7ccccc7)c7ccccc7)cc6c6ccc(-c7cc(-c8ccccc8)ccc7-c7ccccc7)cc6c5cc3c3ccc(N(c5ccccc5)c5ccccc5)cc43)c2)cc1. The Morgan fingerprint density at radius 1 is 0.120 bits per heavy atom. The Balaban J connectivity index is 0.987. The first kappa shape index (κ1) is 54.1. The summed E-state index contributed by atoms with van der Waals surface area (Å²) in [4.78, 5) is 4.77. The molecule has 0 unspecified atom stereocenters. The van der Waals surface area contributed by atoms with Crippen LogP contribution in [0, 0.1) is 0 Å². The van der Waals surface area contributed by atoms with Crippen molar-refractivity contribution in [2.45, 2.75) is 0 Å². The topological polar surface area (TPSA) is 6.48 Å². The number of anilines is 6. The van der Waals surface area contributed by atoms with Gasteiger partial charge in [-0.3, -0.25) is 0 Å². The molecule has 17 aromatic rings. The van der Waals surface area contributed by atoms with Gasteiger partial charge in [-0.25, -0.2) is 0 Å². The van der Waals surface area contributed by atoms with Gasteiger partial charge in [-0.15, -0.1) is 0 Å². The maximum Gasteiger partial charge on any atom is 0.0468 e. The van der Waals surface area contributed by atoms with Crippen molar-refractivity contribution in [2.24, 2.45) is 0 Å². The van der Waals surface area contributed by atoms with Gasteiger partial charge >= 0.3 is 0 Å². The van der Waals surface area contributed by atoms with E-state index in [0.29, 0.717) is 0 Å². The molecular weight excluding hydrogens is 1110 g/mol. The molecule has 0 saturated carbocycles. The summed E-state index contributed by atoms with van der Waals surface area (Å²) in [5, 5.41) is 14.4. The quantitative estimate of drug-likeness (QED) is 0.0889. The molecule has 0 amide bonds. The van der Waals surface area contributed by atoms with E-state index in [4.69, 9.17) is 0 Å². The third-order valence-electron chi connectivity index (χ3n) is 18.6. The molecule has 0 heterocycles. The molecule has 2 heteroatoms. The second-order valence-electron chi connectivity index (χ2n) is 23.9. The van der Waals surface area contributed by atoms with Crippen molar-refractivity contribution in [1.29, 1.82) is 0 Å². The molecule has 0 aromatic heterocycles. The lowest BCUT2D eigenvalue weighted by Gasteiger charge is -2.26. The van der Waals surface area contributed by atoms with E-state index in [0.717, 1.165) is 45.3 Å². The van der Waals surface area contributed by atoms with Crippen LogP contribution >= 0.6 is 0 Å². The van der Waals surface area contributed by atoms with Crippen LogP contribution in [0.4, 0.5) is 34.1 Å². The number of hydrogen-bond donors (Lipinski definition) is 0. The maximum atomic E-state index is 2.54. The Hall–Kier alpha value is -12.1. The van der Waals surface area contributed by atoms with Crippen LogP contribution in [0.5, 0.6) is 0 Å². The Kier molecular flexibility index (Phi) is 13.6. The number of benzene rings is 17. The second kappa shape index (κ2) is 23.1. The summed E-state index contributed by atoms with van der Waals surface area (Å²) in [7, 11) is 0. The van der Waals surface area contributed by atoms with Crippen LogP contribution in [0.25, 0.3) is 131 Å². The van der Waals surface area contributed by atoms with E-state index in [1.165, 1.54) is 120 Å². The molecule has 0 atom stereocenters. The van der Waals surface area contributed by atoms with Crippen LogP contribution in [-0.4, -0.2) is 0 Å². The monoisotopic (exact) mass is 1170 g/mol. The molecule has 0 aliphatic heterocycles. The van der Waals surface area contributed by atoms with E-state index in [-0.39, 0.29) is 0 Å². The summed E-state index contributed by atoms with van der Waals surface area (Å²) >= 11 is 0. The second-order valence-corrected chi connectivity index (χ2v) is 23.9. The van der Waals surface area contributed by atoms with E-state index < -0.39 is 0 Å². The molecule has 0 aliphatic carbocycles. The Labute approximate surface area is 536 Å². The number of fused-ring (bicyclic) bond motifs is 12. The largest absolute Gasteiger partial charge is 0.310 e. The molecule has 0 saturated heterocycles. The molecule has 0 fully saturated rings. The van der Waals surface area contributed by atoms with Crippen molar-refractivity contribution < 1.29 is 0 Å². The fourth-order valence-corrected chi connectivity index (χ4v) is 14.2. The van der Waals surface area contributed by atoms with Gasteiger partial charge in [0.15, 0.2) is 0 Å². The minimum absolute atomic E-state index is 1.09. The van der Waals surface area contributed by atoms with Crippen molar-refractivity contribution in [3.05, 3.63) is 364 Å². The van der Waals surface area contributed by atoms with E-state index >= 15 is 0 Å². The normalized spacial score (nSPS) is 11.5. The first-order chi connectivity index (χ1) is 45.6. The fourth-order valence-electron chi connectivity index (χ4n) is 14.2. The van der Waals surface area contributed by atoms with Crippen LogP contribution in [0.2, 0.25) is 0 Å². The third-order valence-corrected chi connectivity index (χ3v) is 18.6. The van der Waals surface area contributed by atoms with Crippen LogP contribution in [0.3, 0.4) is 0 Å². The highest BCUT2D eigenvalue weighted by atomic mass is 15.1. The van der Waals surface area contributed by atoms with Gasteiger partial charge in [0.25, 0.3) is 0 Å². The van der Waals surface area contributed by atoms with Crippen molar-refractivity contribution in [2.75, 3.05) is 9.80 Å². The van der Waals surface area contributed by atoms with Gasteiger partial charge in [0.1, 0.15) is 0 Å². The van der Waals surface area contributed by atoms with Crippen molar-refractivity contribution in [3.63, 3.8) is 0 Å². The Bertz CT molecular complexity index is 5150. The van der Waals surface area contributed by atoms with Crippen molar-refractivity contribution in [1.82, 2.24) is 0 Å². The molecule has 17 aromatic carbocycles. The molecule has 0 radical (unpaired) electrons. The maximum absolute atomic E-state index is 2.54. The smallest absolute Gasteiger partial charge is 0.0468 e. The van der Waals surface area contributed by atoms with Gasteiger partial charge in [0, 0.05) is 34.1 Å². The molecule has 430 valence electrons. The summed E-state index contributed by atoms with van der Waals surface area (Å²) in [6.07, 6.45) is 0. The molecule has 92 heavy (non-hydrogen) atoms. The van der Waals surface area contributed by atoms with Crippen LogP contribution in [-0.2, 0) is 0 Å². The van der Waals surface area contributed by atoms with Gasteiger partial charge < -0.3 is 9.80 Å². The Morgan fingerprint density at radius 2 is 0.370 bits per heavy atom. The van der Waals surface area contributed by atoms with Crippen molar-refractivity contribution >= 4 is 98.8 Å². The lowest BCUT2D eigenvalue weighted by atomic mass is 9.85. The van der Waals surface area contributed by atoms with Crippen molar-refractivity contribution in [3.8, 4) is 66.8 Å². The number of nitrogens with zero attached hydrogens (tertiary/aromatic N) is 2. The number of para-hydroxylation sites is 4. The summed E-state index contributed by atoms with van der Waals surface area (Å²) in [5.41, 5.74) is 20.7. The van der Waals surface area contributed by atoms with Crippen LogP contribution in [0.1, 0.15) is 0 Å².